The minimum atomic E-state index is 0.282. The summed E-state index contributed by atoms with van der Waals surface area (Å²) in [6.07, 6.45) is 3.10. The van der Waals surface area contributed by atoms with Crippen molar-refractivity contribution in [3.05, 3.63) is 17.5 Å². The number of piperidine rings is 1. The van der Waals surface area contributed by atoms with Gasteiger partial charge in [-0.05, 0) is 38.9 Å². The molecule has 1 aromatic rings. The van der Waals surface area contributed by atoms with Gasteiger partial charge in [0.2, 0.25) is 0 Å². The van der Waals surface area contributed by atoms with E-state index in [4.69, 9.17) is 0 Å². The Morgan fingerprint density at radius 1 is 1.50 bits per heavy atom. The van der Waals surface area contributed by atoms with Crippen LogP contribution in [0.25, 0.3) is 0 Å². The first-order chi connectivity index (χ1) is 7.69. The zero-order valence-electron chi connectivity index (χ0n) is 10.0. The summed E-state index contributed by atoms with van der Waals surface area (Å²) in [5, 5.41) is 4.34. The summed E-state index contributed by atoms with van der Waals surface area (Å²) in [5.41, 5.74) is 2.32. The molecular weight excluding hydrogens is 202 g/mol. The maximum absolute atomic E-state index is 10.6. The van der Waals surface area contributed by atoms with E-state index in [0.29, 0.717) is 0 Å². The molecule has 0 unspecified atom stereocenters. The molecule has 0 radical (unpaired) electrons. The van der Waals surface area contributed by atoms with Crippen molar-refractivity contribution in [2.45, 2.75) is 26.3 Å². The number of carbonyl (C=O) groups is 1. The molecule has 4 heteroatoms. The molecule has 1 saturated heterocycles. The highest BCUT2D eigenvalue weighted by molar-refractivity contribution is 5.53. The molecule has 0 bridgehead atoms. The van der Waals surface area contributed by atoms with Gasteiger partial charge in [0.1, 0.15) is 6.29 Å². The van der Waals surface area contributed by atoms with Crippen LogP contribution in [0.3, 0.4) is 0 Å². The smallest absolute Gasteiger partial charge is 0.123 e. The lowest BCUT2D eigenvalue weighted by atomic mass is 9.98. The van der Waals surface area contributed by atoms with Crippen molar-refractivity contribution in [2.24, 2.45) is 13.0 Å². The Kier molecular flexibility index (Phi) is 3.39. The molecule has 1 aromatic heterocycles. The van der Waals surface area contributed by atoms with Gasteiger partial charge in [-0.1, -0.05) is 0 Å². The molecule has 1 aliphatic heterocycles. The van der Waals surface area contributed by atoms with Crippen LogP contribution in [0.4, 0.5) is 0 Å². The van der Waals surface area contributed by atoms with Crippen LogP contribution >= 0.6 is 0 Å². The Bertz CT molecular complexity index is 364. The average Bonchev–Trinajstić information content (AvgIpc) is 2.59. The number of aldehydes is 1. The second kappa shape index (κ2) is 4.78. The molecule has 0 N–H and O–H groups in total. The molecule has 0 spiro atoms. The molecule has 1 fully saturated rings. The molecule has 0 aromatic carbocycles. The molecule has 16 heavy (non-hydrogen) atoms. The summed E-state index contributed by atoms with van der Waals surface area (Å²) < 4.78 is 1.95. The fourth-order valence-corrected chi connectivity index (χ4v) is 2.29. The zero-order chi connectivity index (χ0) is 11.5. The van der Waals surface area contributed by atoms with Gasteiger partial charge in [-0.3, -0.25) is 9.58 Å². The summed E-state index contributed by atoms with van der Waals surface area (Å²) in [7, 11) is 1.99. The van der Waals surface area contributed by atoms with Gasteiger partial charge in [0, 0.05) is 19.5 Å². The van der Waals surface area contributed by atoms with Crippen LogP contribution in [-0.4, -0.2) is 34.1 Å². The highest BCUT2D eigenvalue weighted by Crippen LogP contribution is 2.17. The van der Waals surface area contributed by atoms with Gasteiger partial charge in [0.15, 0.2) is 0 Å². The number of hydrogen-bond donors (Lipinski definition) is 0. The van der Waals surface area contributed by atoms with Gasteiger partial charge in [0.05, 0.1) is 11.4 Å². The van der Waals surface area contributed by atoms with Crippen molar-refractivity contribution in [3.8, 4) is 0 Å². The molecule has 2 heterocycles. The highest BCUT2D eigenvalue weighted by atomic mass is 16.1. The Morgan fingerprint density at radius 3 is 2.69 bits per heavy atom. The first-order valence-corrected chi connectivity index (χ1v) is 5.86. The first-order valence-electron chi connectivity index (χ1n) is 5.86. The quantitative estimate of drug-likeness (QED) is 0.718. The number of hydrogen-bond acceptors (Lipinski definition) is 3. The van der Waals surface area contributed by atoms with Crippen molar-refractivity contribution in [3.63, 3.8) is 0 Å². The third kappa shape index (κ3) is 2.50. The summed E-state index contributed by atoms with van der Waals surface area (Å²) in [4.78, 5) is 13.0. The van der Waals surface area contributed by atoms with Crippen molar-refractivity contribution in [1.29, 1.82) is 0 Å². The molecule has 0 aliphatic carbocycles. The topological polar surface area (TPSA) is 38.1 Å². The minimum absolute atomic E-state index is 0.282. The van der Waals surface area contributed by atoms with Crippen molar-refractivity contribution >= 4 is 6.29 Å². The second-order valence-electron chi connectivity index (χ2n) is 4.65. The number of rotatable bonds is 3. The van der Waals surface area contributed by atoms with Crippen molar-refractivity contribution < 1.29 is 4.79 Å². The molecular formula is C12H19N3O. The normalized spacial score (nSPS) is 18.9. The summed E-state index contributed by atoms with van der Waals surface area (Å²) >= 11 is 0. The molecule has 88 valence electrons. The van der Waals surface area contributed by atoms with E-state index in [0.717, 1.165) is 44.5 Å². The SMILES string of the molecule is Cc1cc(CN2CCC(C=O)CC2)n(C)n1. The van der Waals surface area contributed by atoms with Gasteiger partial charge in [-0.15, -0.1) is 0 Å². The number of aryl methyl sites for hydroxylation is 2. The Balaban J connectivity index is 1.91. The Hall–Kier alpha value is -1.16. The predicted octanol–water partition coefficient (Wildman–Crippen LogP) is 1.14. The fraction of sp³-hybridized carbons (Fsp3) is 0.667. The molecule has 0 saturated carbocycles. The minimum Gasteiger partial charge on any atom is -0.303 e. The van der Waals surface area contributed by atoms with Crippen LogP contribution in [0.15, 0.2) is 6.07 Å². The van der Waals surface area contributed by atoms with E-state index in [1.54, 1.807) is 0 Å². The highest BCUT2D eigenvalue weighted by Gasteiger charge is 2.19. The standard InChI is InChI=1S/C12H19N3O/c1-10-7-12(14(2)13-10)8-15-5-3-11(9-16)4-6-15/h7,9,11H,3-6,8H2,1-2H3. The summed E-state index contributed by atoms with van der Waals surface area (Å²) in [6.45, 7) is 5.01. The molecule has 2 rings (SSSR count). The van der Waals surface area contributed by atoms with E-state index in [1.807, 2.05) is 18.7 Å². The molecule has 1 aliphatic rings. The third-order valence-corrected chi connectivity index (χ3v) is 3.31. The van der Waals surface area contributed by atoms with Gasteiger partial charge in [0.25, 0.3) is 0 Å². The van der Waals surface area contributed by atoms with Crippen LogP contribution < -0.4 is 0 Å². The van der Waals surface area contributed by atoms with E-state index < -0.39 is 0 Å². The molecule has 0 amide bonds. The predicted molar refractivity (Wildman–Crippen MR) is 62.0 cm³/mol. The maximum atomic E-state index is 10.6. The van der Waals surface area contributed by atoms with Crippen LogP contribution in [0.2, 0.25) is 0 Å². The van der Waals surface area contributed by atoms with Crippen LogP contribution in [0, 0.1) is 12.8 Å². The average molecular weight is 221 g/mol. The van der Waals surface area contributed by atoms with E-state index in [9.17, 15) is 4.79 Å². The zero-order valence-corrected chi connectivity index (χ0v) is 10.0. The van der Waals surface area contributed by atoms with Gasteiger partial charge in [-0.2, -0.15) is 5.10 Å². The number of aromatic nitrogens is 2. The number of carbonyl (C=O) groups excluding carboxylic acids is 1. The lowest BCUT2D eigenvalue weighted by Gasteiger charge is -2.29. The number of likely N-dealkylation sites (tertiary alicyclic amines) is 1. The van der Waals surface area contributed by atoms with Crippen molar-refractivity contribution in [2.75, 3.05) is 13.1 Å². The van der Waals surface area contributed by atoms with Crippen LogP contribution in [-0.2, 0) is 18.4 Å². The molecule has 0 atom stereocenters. The van der Waals surface area contributed by atoms with Crippen molar-refractivity contribution in [1.82, 2.24) is 14.7 Å². The van der Waals surface area contributed by atoms with Gasteiger partial charge >= 0.3 is 0 Å². The maximum Gasteiger partial charge on any atom is 0.123 e. The van der Waals surface area contributed by atoms with E-state index in [-0.39, 0.29) is 5.92 Å². The van der Waals surface area contributed by atoms with E-state index >= 15 is 0 Å². The van der Waals surface area contributed by atoms with E-state index in [1.165, 1.54) is 5.69 Å². The van der Waals surface area contributed by atoms with E-state index in [2.05, 4.69) is 16.1 Å². The first kappa shape index (κ1) is 11.3. The number of nitrogens with zero attached hydrogens (tertiary/aromatic N) is 3. The summed E-state index contributed by atoms with van der Waals surface area (Å²) in [5.74, 6) is 0.282. The monoisotopic (exact) mass is 221 g/mol. The lowest BCUT2D eigenvalue weighted by Crippen LogP contribution is -2.34. The second-order valence-corrected chi connectivity index (χ2v) is 4.65. The largest absolute Gasteiger partial charge is 0.303 e. The fourth-order valence-electron chi connectivity index (χ4n) is 2.29. The van der Waals surface area contributed by atoms with Gasteiger partial charge < -0.3 is 4.79 Å². The third-order valence-electron chi connectivity index (χ3n) is 3.31. The van der Waals surface area contributed by atoms with Crippen LogP contribution in [0.5, 0.6) is 0 Å². The molecule has 4 nitrogen and oxygen atoms in total. The lowest BCUT2D eigenvalue weighted by molar-refractivity contribution is -0.112. The summed E-state index contributed by atoms with van der Waals surface area (Å²) in [6, 6.07) is 2.13. The Labute approximate surface area is 96.2 Å². The van der Waals surface area contributed by atoms with Gasteiger partial charge in [-0.25, -0.2) is 0 Å². The Morgan fingerprint density at radius 2 is 2.19 bits per heavy atom. The van der Waals surface area contributed by atoms with Crippen LogP contribution in [0.1, 0.15) is 24.2 Å².